The Morgan fingerprint density at radius 1 is 1.22 bits per heavy atom. The summed E-state index contributed by atoms with van der Waals surface area (Å²) < 4.78 is 0. The molecule has 0 fully saturated rings. The molecule has 0 saturated heterocycles. The molecular formula is C9H10. The van der Waals surface area contributed by atoms with Gasteiger partial charge in [-0.2, -0.15) is 0 Å². The van der Waals surface area contributed by atoms with E-state index in [0.29, 0.717) is 0 Å². The van der Waals surface area contributed by atoms with Crippen LogP contribution in [0.15, 0.2) is 18.2 Å². The average Bonchev–Trinajstić information content (AvgIpc) is 1.74. The quantitative estimate of drug-likeness (QED) is 0.489. The third kappa shape index (κ3) is 0.593. The normalized spacial score (nSPS) is 14.3. The Morgan fingerprint density at radius 2 is 2.11 bits per heavy atom. The lowest BCUT2D eigenvalue weighted by Crippen LogP contribution is -2.09. The van der Waals surface area contributed by atoms with Crippen LogP contribution < -0.4 is 0 Å². The highest BCUT2D eigenvalue weighted by Crippen LogP contribution is 2.24. The van der Waals surface area contributed by atoms with Crippen molar-refractivity contribution in [2.75, 3.05) is 0 Å². The number of rotatable bonds is 0. The van der Waals surface area contributed by atoms with Gasteiger partial charge >= 0.3 is 0 Å². The van der Waals surface area contributed by atoms with Crippen LogP contribution in [0.5, 0.6) is 0 Å². The summed E-state index contributed by atoms with van der Waals surface area (Å²) in [6, 6.07) is 6.57. The molecule has 0 heteroatoms. The van der Waals surface area contributed by atoms with Gasteiger partial charge < -0.3 is 0 Å². The molecule has 1 aliphatic carbocycles. The van der Waals surface area contributed by atoms with Gasteiger partial charge in [-0.05, 0) is 36.5 Å². The zero-order valence-electron chi connectivity index (χ0n) is 5.65. The van der Waals surface area contributed by atoms with E-state index in [1.807, 2.05) is 0 Å². The van der Waals surface area contributed by atoms with E-state index in [9.17, 15) is 0 Å². The zero-order valence-corrected chi connectivity index (χ0v) is 5.65. The Labute approximate surface area is 55.5 Å². The molecule has 0 amide bonds. The number of fused-ring (bicyclic) bond motifs is 1. The van der Waals surface area contributed by atoms with Crippen molar-refractivity contribution in [2.45, 2.75) is 19.8 Å². The highest BCUT2D eigenvalue weighted by Gasteiger charge is 2.12. The van der Waals surface area contributed by atoms with Gasteiger partial charge in [-0.3, -0.25) is 0 Å². The van der Waals surface area contributed by atoms with E-state index in [1.54, 1.807) is 11.1 Å². The summed E-state index contributed by atoms with van der Waals surface area (Å²) in [6.07, 6.45) is 2.61. The summed E-state index contributed by atoms with van der Waals surface area (Å²) in [5.74, 6) is 0. The van der Waals surface area contributed by atoms with Gasteiger partial charge in [0, 0.05) is 0 Å². The molecule has 0 radical (unpaired) electrons. The van der Waals surface area contributed by atoms with Crippen molar-refractivity contribution < 1.29 is 0 Å². The SMILES string of the molecule is Cc1cccc2c1CC2. The topological polar surface area (TPSA) is 0 Å². The predicted molar refractivity (Wildman–Crippen MR) is 38.6 cm³/mol. The van der Waals surface area contributed by atoms with Crippen LogP contribution in [0, 0.1) is 6.92 Å². The Balaban J connectivity index is 2.64. The summed E-state index contributed by atoms with van der Waals surface area (Å²) in [6.45, 7) is 2.19. The maximum Gasteiger partial charge on any atom is -0.0233 e. The molecule has 1 aromatic rings. The van der Waals surface area contributed by atoms with Gasteiger partial charge in [0.25, 0.3) is 0 Å². The van der Waals surface area contributed by atoms with Crippen LogP contribution in [0.4, 0.5) is 0 Å². The van der Waals surface area contributed by atoms with Crippen molar-refractivity contribution in [3.05, 3.63) is 34.9 Å². The van der Waals surface area contributed by atoms with E-state index < -0.39 is 0 Å². The van der Waals surface area contributed by atoms with Crippen LogP contribution in [-0.2, 0) is 12.8 Å². The van der Waals surface area contributed by atoms with Crippen LogP contribution in [0.2, 0.25) is 0 Å². The number of benzene rings is 1. The average molecular weight is 118 g/mol. The number of hydrogen-bond acceptors (Lipinski definition) is 0. The van der Waals surface area contributed by atoms with E-state index in [1.165, 1.54) is 18.4 Å². The lowest BCUT2D eigenvalue weighted by atomic mass is 9.85. The van der Waals surface area contributed by atoms with Crippen molar-refractivity contribution >= 4 is 0 Å². The van der Waals surface area contributed by atoms with Crippen LogP contribution in [0.1, 0.15) is 16.7 Å². The lowest BCUT2D eigenvalue weighted by molar-refractivity contribution is 0.828. The molecule has 0 unspecified atom stereocenters. The van der Waals surface area contributed by atoms with Crippen molar-refractivity contribution in [3.8, 4) is 0 Å². The zero-order chi connectivity index (χ0) is 6.27. The third-order valence-electron chi connectivity index (χ3n) is 2.15. The van der Waals surface area contributed by atoms with Gasteiger partial charge in [-0.1, -0.05) is 18.2 Å². The molecule has 0 saturated carbocycles. The molecule has 0 nitrogen and oxygen atoms in total. The first kappa shape index (κ1) is 5.04. The van der Waals surface area contributed by atoms with Crippen LogP contribution in [0.3, 0.4) is 0 Å². The number of hydrogen-bond donors (Lipinski definition) is 0. The van der Waals surface area contributed by atoms with E-state index in [4.69, 9.17) is 0 Å². The fraction of sp³-hybridized carbons (Fsp3) is 0.333. The van der Waals surface area contributed by atoms with Crippen molar-refractivity contribution in [1.29, 1.82) is 0 Å². The summed E-state index contributed by atoms with van der Waals surface area (Å²) in [4.78, 5) is 0. The molecule has 0 atom stereocenters. The van der Waals surface area contributed by atoms with E-state index in [0.717, 1.165) is 0 Å². The van der Waals surface area contributed by atoms with E-state index >= 15 is 0 Å². The Morgan fingerprint density at radius 3 is 2.56 bits per heavy atom. The molecule has 0 aliphatic heterocycles. The minimum atomic E-state index is 1.30. The standard InChI is InChI=1S/C9H10/c1-7-3-2-4-8-5-6-9(7)8/h2-4H,5-6H2,1H3. The van der Waals surface area contributed by atoms with E-state index in [2.05, 4.69) is 25.1 Å². The Kier molecular flexibility index (Phi) is 0.895. The first-order valence-electron chi connectivity index (χ1n) is 3.45. The molecule has 0 N–H and O–H groups in total. The predicted octanol–water partition coefficient (Wildman–Crippen LogP) is 2.09. The maximum atomic E-state index is 2.23. The summed E-state index contributed by atoms with van der Waals surface area (Å²) >= 11 is 0. The maximum absolute atomic E-state index is 2.23. The first-order chi connectivity index (χ1) is 4.38. The lowest BCUT2D eigenvalue weighted by Gasteiger charge is -2.20. The van der Waals surface area contributed by atoms with Gasteiger partial charge in [-0.25, -0.2) is 0 Å². The summed E-state index contributed by atoms with van der Waals surface area (Å²) in [7, 11) is 0. The summed E-state index contributed by atoms with van der Waals surface area (Å²) in [5.41, 5.74) is 4.63. The highest BCUT2D eigenvalue weighted by atomic mass is 14.2. The second-order valence-corrected chi connectivity index (χ2v) is 2.71. The molecule has 2 rings (SSSR count). The first-order valence-corrected chi connectivity index (χ1v) is 3.45. The van der Waals surface area contributed by atoms with Crippen LogP contribution in [0.25, 0.3) is 0 Å². The molecule has 9 heavy (non-hydrogen) atoms. The smallest absolute Gasteiger partial charge is 0.0233 e. The molecule has 0 bridgehead atoms. The van der Waals surface area contributed by atoms with Crippen LogP contribution in [-0.4, -0.2) is 0 Å². The second kappa shape index (κ2) is 1.60. The van der Waals surface area contributed by atoms with Gasteiger partial charge in [0.1, 0.15) is 0 Å². The fourth-order valence-corrected chi connectivity index (χ4v) is 1.44. The molecule has 46 valence electrons. The second-order valence-electron chi connectivity index (χ2n) is 2.71. The van der Waals surface area contributed by atoms with Gasteiger partial charge in [-0.15, -0.1) is 0 Å². The molecule has 0 spiro atoms. The van der Waals surface area contributed by atoms with Gasteiger partial charge in [0.15, 0.2) is 0 Å². The largest absolute Gasteiger partial charge is 0.0617 e. The van der Waals surface area contributed by atoms with Gasteiger partial charge in [0.05, 0.1) is 0 Å². The minimum Gasteiger partial charge on any atom is -0.0617 e. The van der Waals surface area contributed by atoms with Gasteiger partial charge in [0.2, 0.25) is 0 Å². The fourth-order valence-electron chi connectivity index (χ4n) is 1.44. The molecule has 0 heterocycles. The Hall–Kier alpha value is -0.780. The highest BCUT2D eigenvalue weighted by molar-refractivity contribution is 5.40. The summed E-state index contributed by atoms with van der Waals surface area (Å²) in [5, 5.41) is 0. The minimum absolute atomic E-state index is 1.30. The Bertz CT molecular complexity index is 222. The molecule has 1 aromatic carbocycles. The third-order valence-corrected chi connectivity index (χ3v) is 2.15. The monoisotopic (exact) mass is 118 g/mol. The molecular weight excluding hydrogens is 108 g/mol. The van der Waals surface area contributed by atoms with Crippen molar-refractivity contribution in [3.63, 3.8) is 0 Å². The van der Waals surface area contributed by atoms with Crippen molar-refractivity contribution in [2.24, 2.45) is 0 Å². The van der Waals surface area contributed by atoms with E-state index in [-0.39, 0.29) is 0 Å². The van der Waals surface area contributed by atoms with Crippen LogP contribution >= 0.6 is 0 Å². The van der Waals surface area contributed by atoms with Crippen molar-refractivity contribution in [1.82, 2.24) is 0 Å². The molecule has 0 aromatic heterocycles. The molecule has 1 aliphatic rings. The number of aryl methyl sites for hydroxylation is 2.